The molecule has 2 heterocycles. The van der Waals surface area contributed by atoms with Crippen LogP contribution in [0.3, 0.4) is 0 Å². The van der Waals surface area contributed by atoms with E-state index in [4.69, 9.17) is 33.5 Å². The van der Waals surface area contributed by atoms with Crippen molar-refractivity contribution in [3.63, 3.8) is 0 Å². The van der Waals surface area contributed by atoms with Crippen LogP contribution in [0.5, 0.6) is 5.75 Å². The van der Waals surface area contributed by atoms with Gasteiger partial charge in [-0.1, -0.05) is 23.7 Å². The molecular formula is C21H27ClN8O4. The first-order valence-corrected chi connectivity index (χ1v) is 10.9. The van der Waals surface area contributed by atoms with Crippen molar-refractivity contribution < 1.29 is 19.1 Å². The van der Waals surface area contributed by atoms with Crippen LogP contribution in [-0.2, 0) is 16.1 Å². The lowest BCUT2D eigenvalue weighted by Crippen LogP contribution is -2.47. The first-order valence-electron chi connectivity index (χ1n) is 10.5. The lowest BCUT2D eigenvalue weighted by molar-refractivity contribution is -0.142. The molecule has 0 spiro atoms. The molecule has 1 aromatic heterocycles. The highest BCUT2D eigenvalue weighted by atomic mass is 35.5. The highest BCUT2D eigenvalue weighted by molar-refractivity contribution is 6.31. The fourth-order valence-corrected chi connectivity index (χ4v) is 3.52. The lowest BCUT2D eigenvalue weighted by Gasteiger charge is -2.32. The van der Waals surface area contributed by atoms with Gasteiger partial charge < -0.3 is 32.0 Å². The summed E-state index contributed by atoms with van der Waals surface area (Å²) in [6, 6.07) is 7.65. The van der Waals surface area contributed by atoms with Gasteiger partial charge in [0.25, 0.3) is 0 Å². The minimum Gasteiger partial charge on any atom is -0.482 e. The number of guanidine groups is 1. The van der Waals surface area contributed by atoms with Crippen molar-refractivity contribution in [1.29, 1.82) is 0 Å². The molecule has 182 valence electrons. The van der Waals surface area contributed by atoms with Gasteiger partial charge in [-0.25, -0.2) is 14.8 Å². The van der Waals surface area contributed by atoms with Gasteiger partial charge in [0.1, 0.15) is 5.75 Å². The Labute approximate surface area is 201 Å². The van der Waals surface area contributed by atoms with Crippen LogP contribution >= 0.6 is 11.6 Å². The molecule has 1 aromatic carbocycles. The second kappa shape index (κ2) is 11.5. The van der Waals surface area contributed by atoms with E-state index in [1.807, 2.05) is 24.3 Å². The molecule has 1 saturated heterocycles. The van der Waals surface area contributed by atoms with E-state index in [0.717, 1.165) is 38.0 Å². The summed E-state index contributed by atoms with van der Waals surface area (Å²) in [5.41, 5.74) is 18.0. The molecule has 0 radical (unpaired) electrons. The number of methoxy groups -OCH3 is 1. The molecule has 0 atom stereocenters. The number of benzene rings is 1. The topological polar surface area (TPSA) is 184 Å². The quantitative estimate of drug-likeness (QED) is 0.241. The number of carbonyl (C=O) groups excluding carboxylic acids is 2. The maximum absolute atomic E-state index is 12.3. The van der Waals surface area contributed by atoms with Crippen LogP contribution in [-0.4, -0.2) is 65.6 Å². The molecular weight excluding hydrogens is 464 g/mol. The van der Waals surface area contributed by atoms with Gasteiger partial charge in [-0.2, -0.15) is 4.99 Å². The Morgan fingerprint density at radius 3 is 2.50 bits per heavy atom. The Hall–Kier alpha value is -3.64. The predicted molar refractivity (Wildman–Crippen MR) is 127 cm³/mol. The SMILES string of the molecule is COC(=O)COc1ccc(CN2CCC(N/C(N)=N/C(=O)c3nc(Cl)c(N)nc3N)CC2)cc1. The van der Waals surface area contributed by atoms with E-state index < -0.39 is 11.9 Å². The van der Waals surface area contributed by atoms with Crippen molar-refractivity contribution in [3.05, 3.63) is 40.7 Å². The summed E-state index contributed by atoms with van der Waals surface area (Å²) in [6.45, 7) is 2.34. The molecule has 12 nitrogen and oxygen atoms in total. The predicted octanol–water partition coefficient (Wildman–Crippen LogP) is 0.555. The number of aromatic nitrogens is 2. The van der Waals surface area contributed by atoms with Gasteiger partial charge in [0, 0.05) is 25.7 Å². The highest BCUT2D eigenvalue weighted by Gasteiger charge is 2.21. The van der Waals surface area contributed by atoms with Crippen LogP contribution < -0.4 is 27.3 Å². The number of hydrogen-bond donors (Lipinski definition) is 4. The van der Waals surface area contributed by atoms with Gasteiger partial charge in [0.15, 0.2) is 35.0 Å². The van der Waals surface area contributed by atoms with E-state index in [0.29, 0.717) is 5.75 Å². The highest BCUT2D eigenvalue weighted by Crippen LogP contribution is 2.19. The number of nitrogens with two attached hydrogens (primary N) is 3. The van der Waals surface area contributed by atoms with Gasteiger partial charge >= 0.3 is 11.9 Å². The fourth-order valence-electron chi connectivity index (χ4n) is 3.39. The normalized spacial score (nSPS) is 15.1. The van der Waals surface area contributed by atoms with Gasteiger partial charge in [-0.05, 0) is 30.5 Å². The van der Waals surface area contributed by atoms with Crippen molar-refractivity contribution in [2.75, 3.05) is 38.3 Å². The van der Waals surface area contributed by atoms with Crippen LogP contribution in [0.2, 0.25) is 5.15 Å². The molecule has 1 aliphatic heterocycles. The van der Waals surface area contributed by atoms with Gasteiger partial charge in [0.2, 0.25) is 0 Å². The zero-order valence-electron chi connectivity index (χ0n) is 18.7. The second-order valence-corrected chi connectivity index (χ2v) is 8.00. The number of rotatable bonds is 7. The van der Waals surface area contributed by atoms with Crippen LogP contribution in [0.1, 0.15) is 28.9 Å². The Balaban J connectivity index is 1.46. The van der Waals surface area contributed by atoms with Gasteiger partial charge in [0.05, 0.1) is 7.11 Å². The average Bonchev–Trinajstić information content (AvgIpc) is 2.81. The van der Waals surface area contributed by atoms with Gasteiger partial charge in [-0.15, -0.1) is 0 Å². The maximum atomic E-state index is 12.3. The molecule has 0 aliphatic carbocycles. The second-order valence-electron chi connectivity index (χ2n) is 7.64. The number of ether oxygens (including phenoxy) is 2. The monoisotopic (exact) mass is 490 g/mol. The Kier molecular flexibility index (Phi) is 8.44. The third-order valence-electron chi connectivity index (χ3n) is 5.18. The zero-order valence-corrected chi connectivity index (χ0v) is 19.4. The molecule has 1 amide bonds. The molecule has 7 N–H and O–H groups in total. The summed E-state index contributed by atoms with van der Waals surface area (Å²) in [7, 11) is 1.32. The van der Waals surface area contributed by atoms with Crippen LogP contribution in [0, 0.1) is 0 Å². The number of aliphatic imine (C=N–C) groups is 1. The molecule has 0 bridgehead atoms. The lowest BCUT2D eigenvalue weighted by atomic mass is 10.0. The summed E-state index contributed by atoms with van der Waals surface area (Å²) in [6.07, 6.45) is 1.64. The number of esters is 1. The fraction of sp³-hybridized carbons (Fsp3) is 0.381. The standard InChI is InChI=1S/C21H27ClN8O4/c1-33-15(31)11-34-14-4-2-12(3-5-14)10-30-8-6-13(7-9-30)26-21(25)29-20(32)16-18(23)28-19(24)17(22)27-16/h2-5,13H,6-11H2,1H3,(H4,23,24,28)(H3,25,26,29,32). The van der Waals surface area contributed by atoms with Crippen molar-refractivity contribution >= 4 is 41.1 Å². The molecule has 1 aliphatic rings. The number of nitrogens with zero attached hydrogens (tertiary/aromatic N) is 4. The molecule has 1 fully saturated rings. The number of nitrogens with one attached hydrogen (secondary N) is 1. The Morgan fingerprint density at radius 1 is 1.18 bits per heavy atom. The van der Waals surface area contributed by atoms with E-state index >= 15 is 0 Å². The molecule has 13 heteroatoms. The first-order chi connectivity index (χ1) is 16.2. The largest absolute Gasteiger partial charge is 0.482 e. The van der Waals surface area contributed by atoms with Crippen molar-refractivity contribution in [1.82, 2.24) is 20.2 Å². The number of carbonyl (C=O) groups is 2. The number of halogens is 1. The maximum Gasteiger partial charge on any atom is 0.343 e. The summed E-state index contributed by atoms with van der Waals surface area (Å²) >= 11 is 5.80. The molecule has 3 rings (SSSR count). The van der Waals surface area contributed by atoms with E-state index in [-0.39, 0.29) is 41.1 Å². The number of likely N-dealkylation sites (tertiary alicyclic amines) is 1. The van der Waals surface area contributed by atoms with E-state index in [1.54, 1.807) is 0 Å². The third-order valence-corrected chi connectivity index (χ3v) is 5.46. The summed E-state index contributed by atoms with van der Waals surface area (Å²) < 4.78 is 9.91. The van der Waals surface area contributed by atoms with Crippen molar-refractivity contribution in [2.45, 2.75) is 25.4 Å². The zero-order chi connectivity index (χ0) is 24.7. The van der Waals surface area contributed by atoms with Gasteiger partial charge in [-0.3, -0.25) is 9.69 Å². The van der Waals surface area contributed by atoms with Crippen LogP contribution in [0.25, 0.3) is 0 Å². The summed E-state index contributed by atoms with van der Waals surface area (Å²) in [5, 5.41) is 2.93. The van der Waals surface area contributed by atoms with E-state index in [2.05, 4.69) is 29.9 Å². The van der Waals surface area contributed by atoms with E-state index in [9.17, 15) is 9.59 Å². The molecule has 34 heavy (non-hydrogen) atoms. The minimum atomic E-state index is -0.756. The van der Waals surface area contributed by atoms with E-state index in [1.165, 1.54) is 7.11 Å². The third kappa shape index (κ3) is 6.93. The summed E-state index contributed by atoms with van der Waals surface area (Å²) in [4.78, 5) is 37.2. The van der Waals surface area contributed by atoms with Crippen molar-refractivity contribution in [2.24, 2.45) is 10.7 Å². The number of nitrogen functional groups attached to an aromatic ring is 2. The Bertz CT molecular complexity index is 1060. The number of amides is 1. The molecule has 0 saturated carbocycles. The number of hydrogen-bond acceptors (Lipinski definition) is 9. The Morgan fingerprint density at radius 2 is 1.85 bits per heavy atom. The van der Waals surface area contributed by atoms with Crippen LogP contribution in [0.15, 0.2) is 29.3 Å². The number of anilines is 2. The van der Waals surface area contributed by atoms with Crippen LogP contribution in [0.4, 0.5) is 11.6 Å². The minimum absolute atomic E-state index is 0.0276. The number of piperidine rings is 1. The molecule has 0 unspecified atom stereocenters. The first kappa shape index (κ1) is 25.0. The smallest absolute Gasteiger partial charge is 0.343 e. The average molecular weight is 491 g/mol. The summed E-state index contributed by atoms with van der Waals surface area (Å²) in [5.74, 6) is -0.841. The van der Waals surface area contributed by atoms with Crippen molar-refractivity contribution in [3.8, 4) is 5.75 Å². The molecule has 2 aromatic rings.